The Hall–Kier alpha value is -3.75. The van der Waals surface area contributed by atoms with Gasteiger partial charge in [-0.1, -0.05) is 55.8 Å². The van der Waals surface area contributed by atoms with Crippen LogP contribution in [0.4, 0.5) is 10.2 Å². The molecule has 0 amide bonds. The average molecular weight is 562 g/mol. The molecule has 40 heavy (non-hydrogen) atoms. The van der Waals surface area contributed by atoms with Gasteiger partial charge in [0.15, 0.2) is 5.65 Å². The molecule has 0 radical (unpaired) electrons. The smallest absolute Gasteiger partial charge is 0.355 e. The summed E-state index contributed by atoms with van der Waals surface area (Å²) >= 11 is 6.75. The second-order valence-electron chi connectivity index (χ2n) is 10.6. The van der Waals surface area contributed by atoms with Crippen LogP contribution in [0.2, 0.25) is 5.02 Å². The first-order valence-electron chi connectivity index (χ1n) is 13.4. The summed E-state index contributed by atoms with van der Waals surface area (Å²) in [7, 11) is 0. The number of anilines is 1. The average Bonchev–Trinajstić information content (AvgIpc) is 2.89. The molecule has 0 saturated carbocycles. The number of piperazine rings is 1. The van der Waals surface area contributed by atoms with Gasteiger partial charge in [-0.15, -0.1) is 6.58 Å². The number of nitrogens with zero attached hydrogens (tertiary/aromatic N) is 5. The Morgan fingerprint density at radius 2 is 1.95 bits per heavy atom. The van der Waals surface area contributed by atoms with Gasteiger partial charge in [0.25, 0.3) is 0 Å². The van der Waals surface area contributed by atoms with Crippen LogP contribution in [0.15, 0.2) is 59.9 Å². The van der Waals surface area contributed by atoms with Crippen LogP contribution in [0.1, 0.15) is 37.8 Å². The first-order chi connectivity index (χ1) is 19.1. The van der Waals surface area contributed by atoms with Gasteiger partial charge in [-0.2, -0.15) is 4.98 Å². The molecule has 0 bridgehead atoms. The van der Waals surface area contributed by atoms with Crippen molar-refractivity contribution in [2.75, 3.05) is 31.1 Å². The first kappa shape index (κ1) is 27.8. The van der Waals surface area contributed by atoms with Gasteiger partial charge in [-0.3, -0.25) is 4.90 Å². The predicted octanol–water partition coefficient (Wildman–Crippen LogP) is 6.07. The van der Waals surface area contributed by atoms with Crippen LogP contribution in [-0.2, 0) is 0 Å². The topological polar surface area (TPSA) is 74.5 Å². The Balaban J connectivity index is 1.84. The SMILES string of the molecule is C=CCN1CCN(c2nc(=O)n(-c3c(C)cccc3C(C)C)c3nc(-c4c(O)cccc4F)c(Cl)cc23)[C@@H](C)C1. The van der Waals surface area contributed by atoms with Crippen molar-refractivity contribution in [3.05, 3.63) is 87.6 Å². The van der Waals surface area contributed by atoms with E-state index in [1.165, 1.54) is 22.8 Å². The number of pyridine rings is 1. The molecule has 1 N–H and O–H groups in total. The molecule has 9 heteroatoms. The van der Waals surface area contributed by atoms with Crippen LogP contribution in [-0.4, -0.2) is 56.8 Å². The molecule has 7 nitrogen and oxygen atoms in total. The molecule has 1 atom stereocenters. The number of halogens is 2. The molecule has 0 unspecified atom stereocenters. The van der Waals surface area contributed by atoms with Crippen molar-refractivity contribution in [3.8, 4) is 22.7 Å². The summed E-state index contributed by atoms with van der Waals surface area (Å²) in [6.45, 7) is 15.0. The lowest BCUT2D eigenvalue weighted by Crippen LogP contribution is -2.52. The summed E-state index contributed by atoms with van der Waals surface area (Å²) in [6, 6.07) is 11.7. The van der Waals surface area contributed by atoms with E-state index < -0.39 is 11.5 Å². The van der Waals surface area contributed by atoms with E-state index in [-0.39, 0.29) is 34.0 Å². The number of hydrogen-bond acceptors (Lipinski definition) is 6. The van der Waals surface area contributed by atoms with Crippen LogP contribution in [0, 0.1) is 12.7 Å². The van der Waals surface area contributed by atoms with Crippen molar-refractivity contribution in [1.82, 2.24) is 19.4 Å². The fourth-order valence-corrected chi connectivity index (χ4v) is 5.84. The van der Waals surface area contributed by atoms with Gasteiger partial charge in [0, 0.05) is 32.2 Å². The zero-order valence-electron chi connectivity index (χ0n) is 23.2. The maximum atomic E-state index is 15.0. The van der Waals surface area contributed by atoms with E-state index >= 15 is 4.39 Å². The minimum Gasteiger partial charge on any atom is -0.507 e. The van der Waals surface area contributed by atoms with Gasteiger partial charge in [0.1, 0.15) is 17.4 Å². The van der Waals surface area contributed by atoms with Gasteiger partial charge >= 0.3 is 5.69 Å². The van der Waals surface area contributed by atoms with Crippen LogP contribution in [0.3, 0.4) is 0 Å². The molecule has 0 aliphatic carbocycles. The van der Waals surface area contributed by atoms with Crippen LogP contribution >= 0.6 is 11.6 Å². The Kier molecular flexibility index (Phi) is 7.66. The second kappa shape index (κ2) is 11.0. The summed E-state index contributed by atoms with van der Waals surface area (Å²) < 4.78 is 16.5. The molecule has 1 fully saturated rings. The maximum absolute atomic E-state index is 15.0. The summed E-state index contributed by atoms with van der Waals surface area (Å²) in [4.78, 5) is 27.8. The molecule has 1 aliphatic rings. The van der Waals surface area contributed by atoms with E-state index in [9.17, 15) is 9.90 Å². The van der Waals surface area contributed by atoms with Crippen molar-refractivity contribution in [2.24, 2.45) is 0 Å². The van der Waals surface area contributed by atoms with Crippen molar-refractivity contribution < 1.29 is 9.50 Å². The van der Waals surface area contributed by atoms with E-state index in [0.717, 1.165) is 30.8 Å². The lowest BCUT2D eigenvalue weighted by Gasteiger charge is -2.40. The number of phenolic OH excluding ortho intramolecular Hbond substituents is 1. The Morgan fingerprint density at radius 1 is 1.20 bits per heavy atom. The molecular weight excluding hydrogens is 529 g/mol. The third-order valence-electron chi connectivity index (χ3n) is 7.52. The minimum atomic E-state index is -0.664. The summed E-state index contributed by atoms with van der Waals surface area (Å²) in [5.41, 5.74) is 2.27. The highest BCUT2D eigenvalue weighted by atomic mass is 35.5. The van der Waals surface area contributed by atoms with E-state index in [2.05, 4.69) is 42.1 Å². The molecule has 0 spiro atoms. The molecule has 4 aromatic rings. The summed E-state index contributed by atoms with van der Waals surface area (Å²) in [6.07, 6.45) is 1.88. The highest BCUT2D eigenvalue weighted by Crippen LogP contribution is 2.39. The van der Waals surface area contributed by atoms with Crippen molar-refractivity contribution >= 4 is 28.5 Å². The van der Waals surface area contributed by atoms with Crippen LogP contribution < -0.4 is 10.6 Å². The second-order valence-corrected chi connectivity index (χ2v) is 11.0. The van der Waals surface area contributed by atoms with E-state index in [0.29, 0.717) is 29.1 Å². The van der Waals surface area contributed by atoms with E-state index in [4.69, 9.17) is 16.6 Å². The number of aromatic nitrogens is 3. The van der Waals surface area contributed by atoms with E-state index in [1.807, 2.05) is 31.2 Å². The Labute approximate surface area is 238 Å². The lowest BCUT2D eigenvalue weighted by atomic mass is 9.98. The van der Waals surface area contributed by atoms with Gasteiger partial charge in [0.2, 0.25) is 0 Å². The third-order valence-corrected chi connectivity index (χ3v) is 7.80. The molecular formula is C31H33ClFN5O2. The fourth-order valence-electron chi connectivity index (χ4n) is 5.60. The number of benzene rings is 2. The van der Waals surface area contributed by atoms with Crippen molar-refractivity contribution in [2.45, 2.75) is 39.7 Å². The number of aromatic hydroxyl groups is 1. The van der Waals surface area contributed by atoms with Gasteiger partial charge in [0.05, 0.1) is 27.4 Å². The Morgan fingerprint density at radius 3 is 2.62 bits per heavy atom. The zero-order valence-corrected chi connectivity index (χ0v) is 23.9. The maximum Gasteiger partial charge on any atom is 0.355 e. The molecule has 2 aromatic heterocycles. The molecule has 2 aromatic carbocycles. The molecule has 1 aliphatic heterocycles. The van der Waals surface area contributed by atoms with Crippen molar-refractivity contribution in [1.29, 1.82) is 0 Å². The number of aryl methyl sites for hydroxylation is 1. The van der Waals surface area contributed by atoms with E-state index in [1.54, 1.807) is 6.07 Å². The predicted molar refractivity (Wildman–Crippen MR) is 159 cm³/mol. The lowest BCUT2D eigenvalue weighted by molar-refractivity contribution is 0.250. The highest BCUT2D eigenvalue weighted by Gasteiger charge is 2.29. The fraction of sp³-hybridized carbons (Fsp3) is 0.323. The minimum absolute atomic E-state index is 0.0541. The highest BCUT2D eigenvalue weighted by molar-refractivity contribution is 6.34. The standard InChI is InChI=1S/C31H33ClFN5O2/c1-6-13-36-14-15-37(20(5)17-36)29-22-16-23(32)27(26-24(33)11-8-12-25(26)39)34-30(22)38(31(40)35-29)28-19(4)9-7-10-21(28)18(2)3/h6-12,16,18,20,39H,1,13-15,17H2,2-5H3/t20-/m0/s1. The Bertz CT molecular complexity index is 1650. The monoisotopic (exact) mass is 561 g/mol. The van der Waals surface area contributed by atoms with Gasteiger partial charge < -0.3 is 10.0 Å². The van der Waals surface area contributed by atoms with Gasteiger partial charge in [-0.05, 0) is 49.1 Å². The number of rotatable bonds is 6. The van der Waals surface area contributed by atoms with Crippen molar-refractivity contribution in [3.63, 3.8) is 0 Å². The third kappa shape index (κ3) is 4.86. The zero-order chi connectivity index (χ0) is 28.7. The largest absolute Gasteiger partial charge is 0.507 e. The molecule has 1 saturated heterocycles. The number of hydrogen-bond donors (Lipinski definition) is 1. The number of phenols is 1. The number of para-hydroxylation sites is 1. The quantitative estimate of drug-likeness (QED) is 0.288. The molecule has 208 valence electrons. The van der Waals surface area contributed by atoms with Crippen LogP contribution in [0.25, 0.3) is 28.0 Å². The van der Waals surface area contributed by atoms with Crippen LogP contribution in [0.5, 0.6) is 5.75 Å². The summed E-state index contributed by atoms with van der Waals surface area (Å²) in [5.74, 6) is -0.359. The molecule has 3 heterocycles. The first-order valence-corrected chi connectivity index (χ1v) is 13.8. The normalized spacial score (nSPS) is 16.2. The molecule has 5 rings (SSSR count). The number of fused-ring (bicyclic) bond motifs is 1. The summed E-state index contributed by atoms with van der Waals surface area (Å²) in [5, 5.41) is 11.3. The van der Waals surface area contributed by atoms with Gasteiger partial charge in [-0.25, -0.2) is 18.7 Å².